The topological polar surface area (TPSA) is 95.9 Å². The van der Waals surface area contributed by atoms with Gasteiger partial charge >= 0.3 is 5.97 Å². The molecule has 64 heavy (non-hydrogen) atoms. The molecule has 0 aliphatic heterocycles. The number of aliphatic hydroxyl groups excluding tert-OH is 2. The summed E-state index contributed by atoms with van der Waals surface area (Å²) < 4.78 is 5.91. The largest absolute Gasteiger partial charge is 0.462 e. The van der Waals surface area contributed by atoms with Crippen LogP contribution in [0.2, 0.25) is 0 Å². The predicted octanol–water partition coefficient (Wildman–Crippen LogP) is 16.3. The van der Waals surface area contributed by atoms with Gasteiger partial charge in [0, 0.05) is 6.42 Å². The Balaban J connectivity index is 4.64. The Kier molecular flexibility index (Phi) is 48.7. The molecule has 6 nitrogen and oxygen atoms in total. The lowest BCUT2D eigenvalue weighted by Gasteiger charge is -2.24. The van der Waals surface area contributed by atoms with Crippen molar-refractivity contribution in [2.24, 2.45) is 0 Å². The van der Waals surface area contributed by atoms with Crippen LogP contribution >= 0.6 is 0 Å². The third-order valence-corrected chi connectivity index (χ3v) is 11.8. The summed E-state index contributed by atoms with van der Waals surface area (Å²) in [5.41, 5.74) is 0. The van der Waals surface area contributed by atoms with E-state index in [2.05, 4.69) is 86.8 Å². The van der Waals surface area contributed by atoms with Gasteiger partial charge in [-0.2, -0.15) is 0 Å². The van der Waals surface area contributed by atoms with Gasteiger partial charge in [0.25, 0.3) is 0 Å². The van der Waals surface area contributed by atoms with Gasteiger partial charge in [0.15, 0.2) is 0 Å². The van der Waals surface area contributed by atoms with E-state index in [0.29, 0.717) is 19.3 Å². The van der Waals surface area contributed by atoms with Crippen LogP contribution in [0.25, 0.3) is 0 Å². The number of unbranched alkanes of at least 4 members (excludes halogenated alkanes) is 24. The molecule has 0 fully saturated rings. The van der Waals surface area contributed by atoms with Crippen LogP contribution in [0.1, 0.15) is 245 Å². The molecule has 0 aromatic carbocycles. The lowest BCUT2D eigenvalue weighted by molar-refractivity contribution is -0.151. The average molecular weight is 892 g/mol. The highest BCUT2D eigenvalue weighted by atomic mass is 16.5. The van der Waals surface area contributed by atoms with Crippen LogP contribution in [0.3, 0.4) is 0 Å². The van der Waals surface area contributed by atoms with Crippen LogP contribution in [-0.2, 0) is 14.3 Å². The fourth-order valence-electron chi connectivity index (χ4n) is 7.74. The maximum absolute atomic E-state index is 13.2. The minimum absolute atomic E-state index is 0.0385. The van der Waals surface area contributed by atoms with Crippen LogP contribution in [0.5, 0.6) is 0 Å². The van der Waals surface area contributed by atoms with E-state index in [1.54, 1.807) is 0 Å². The molecule has 3 unspecified atom stereocenters. The molecule has 368 valence electrons. The maximum atomic E-state index is 13.2. The number of aliphatic hydroxyl groups is 2. The normalized spacial score (nSPS) is 13.9. The molecule has 6 heteroatoms. The van der Waals surface area contributed by atoms with Crippen LogP contribution < -0.4 is 5.32 Å². The first-order valence-corrected chi connectivity index (χ1v) is 26.9. The predicted molar refractivity (Wildman–Crippen MR) is 278 cm³/mol. The molecule has 0 saturated carbocycles. The quantitative estimate of drug-likeness (QED) is 0.0245. The number of allylic oxidation sites excluding steroid dienone is 14. The monoisotopic (exact) mass is 892 g/mol. The SMILES string of the molecule is CC/C=C/C=C/C=C/C=C\CCCCCC(CC(=O)NC(CO)C(O)CCCCCCCCCCCCCCCCC)OC(=O)CCCCCC/C=C\C/C=C\C/C=C\CCCCC. The Morgan fingerprint density at radius 2 is 0.906 bits per heavy atom. The minimum Gasteiger partial charge on any atom is -0.462 e. The van der Waals surface area contributed by atoms with Gasteiger partial charge in [0.2, 0.25) is 5.91 Å². The number of ether oxygens (including phenoxy) is 1. The number of carbonyl (C=O) groups is 2. The summed E-state index contributed by atoms with van der Waals surface area (Å²) in [6.07, 6.45) is 66.4. The van der Waals surface area contributed by atoms with Crippen molar-refractivity contribution >= 4 is 11.9 Å². The first-order valence-electron chi connectivity index (χ1n) is 26.9. The highest BCUT2D eigenvalue weighted by Crippen LogP contribution is 2.17. The van der Waals surface area contributed by atoms with Crippen LogP contribution in [0.15, 0.2) is 85.1 Å². The summed E-state index contributed by atoms with van der Waals surface area (Å²) in [5, 5.41) is 23.8. The molecule has 0 saturated heterocycles. The Labute approximate surface area is 395 Å². The molecular formula is C58H101NO5. The molecule has 0 spiro atoms. The summed E-state index contributed by atoms with van der Waals surface area (Å²) in [4.78, 5) is 26.2. The van der Waals surface area contributed by atoms with Crippen LogP contribution in [0, 0.1) is 0 Å². The second kappa shape index (κ2) is 51.0. The van der Waals surface area contributed by atoms with E-state index in [1.807, 2.05) is 24.3 Å². The molecule has 0 aliphatic carbocycles. The molecule has 0 bridgehead atoms. The van der Waals surface area contributed by atoms with E-state index >= 15 is 0 Å². The summed E-state index contributed by atoms with van der Waals surface area (Å²) in [6, 6.07) is -0.724. The molecule has 0 aliphatic rings. The van der Waals surface area contributed by atoms with E-state index in [4.69, 9.17) is 4.74 Å². The number of amides is 1. The van der Waals surface area contributed by atoms with Gasteiger partial charge in [-0.15, -0.1) is 0 Å². The zero-order valence-electron chi connectivity index (χ0n) is 41.9. The maximum Gasteiger partial charge on any atom is 0.306 e. The number of hydrogen-bond acceptors (Lipinski definition) is 5. The highest BCUT2D eigenvalue weighted by Gasteiger charge is 2.24. The summed E-state index contributed by atoms with van der Waals surface area (Å²) in [6.45, 7) is 6.30. The van der Waals surface area contributed by atoms with Crippen molar-refractivity contribution in [1.29, 1.82) is 0 Å². The fourth-order valence-corrected chi connectivity index (χ4v) is 7.74. The van der Waals surface area contributed by atoms with Crippen LogP contribution in [0.4, 0.5) is 0 Å². The van der Waals surface area contributed by atoms with Gasteiger partial charge < -0.3 is 20.3 Å². The average Bonchev–Trinajstić information content (AvgIpc) is 3.29. The van der Waals surface area contributed by atoms with Gasteiger partial charge in [0.1, 0.15) is 6.10 Å². The summed E-state index contributed by atoms with van der Waals surface area (Å²) >= 11 is 0. The molecular weight excluding hydrogens is 791 g/mol. The van der Waals surface area contributed by atoms with E-state index in [9.17, 15) is 19.8 Å². The van der Waals surface area contributed by atoms with Crippen molar-refractivity contribution < 1.29 is 24.5 Å². The molecule has 0 radical (unpaired) electrons. The number of nitrogens with one attached hydrogen (secondary N) is 1. The first kappa shape index (κ1) is 61.0. The van der Waals surface area contributed by atoms with Crippen molar-refractivity contribution in [1.82, 2.24) is 5.32 Å². The van der Waals surface area contributed by atoms with Crippen molar-refractivity contribution in [2.75, 3.05) is 6.61 Å². The molecule has 0 heterocycles. The van der Waals surface area contributed by atoms with E-state index < -0.39 is 18.2 Å². The Hall–Kier alpha value is -2.96. The lowest BCUT2D eigenvalue weighted by atomic mass is 10.0. The first-order chi connectivity index (χ1) is 31.5. The van der Waals surface area contributed by atoms with E-state index in [0.717, 1.165) is 96.3 Å². The van der Waals surface area contributed by atoms with Gasteiger partial charge in [-0.1, -0.05) is 234 Å². The van der Waals surface area contributed by atoms with Crippen molar-refractivity contribution in [2.45, 2.75) is 264 Å². The Morgan fingerprint density at radius 3 is 1.47 bits per heavy atom. The smallest absolute Gasteiger partial charge is 0.306 e. The zero-order chi connectivity index (χ0) is 46.7. The molecule has 1 amide bonds. The third kappa shape index (κ3) is 45.6. The molecule has 0 aromatic heterocycles. The zero-order valence-corrected chi connectivity index (χ0v) is 41.9. The molecule has 0 aromatic rings. The van der Waals surface area contributed by atoms with Crippen molar-refractivity contribution in [3.05, 3.63) is 85.1 Å². The third-order valence-electron chi connectivity index (χ3n) is 11.8. The van der Waals surface area contributed by atoms with Gasteiger partial charge in [-0.25, -0.2) is 0 Å². The van der Waals surface area contributed by atoms with Gasteiger partial charge in [-0.05, 0) is 83.5 Å². The molecule has 3 N–H and O–H groups in total. The Morgan fingerprint density at radius 1 is 0.484 bits per heavy atom. The Bertz CT molecular complexity index is 1230. The van der Waals surface area contributed by atoms with Crippen LogP contribution in [-0.4, -0.2) is 46.9 Å². The number of rotatable bonds is 47. The van der Waals surface area contributed by atoms with Gasteiger partial charge in [0.05, 0.1) is 25.2 Å². The lowest BCUT2D eigenvalue weighted by Crippen LogP contribution is -2.46. The van der Waals surface area contributed by atoms with Gasteiger partial charge in [-0.3, -0.25) is 9.59 Å². The number of carbonyl (C=O) groups excluding carboxylic acids is 2. The molecule has 0 rings (SSSR count). The summed E-state index contributed by atoms with van der Waals surface area (Å²) in [5.74, 6) is -0.541. The van der Waals surface area contributed by atoms with Crippen molar-refractivity contribution in [3.8, 4) is 0 Å². The number of hydrogen-bond donors (Lipinski definition) is 3. The van der Waals surface area contributed by atoms with E-state index in [1.165, 1.54) is 103 Å². The van der Waals surface area contributed by atoms with E-state index in [-0.39, 0.29) is 24.9 Å². The molecule has 3 atom stereocenters. The second-order valence-electron chi connectivity index (χ2n) is 18.0. The second-order valence-corrected chi connectivity index (χ2v) is 18.0. The highest BCUT2D eigenvalue weighted by molar-refractivity contribution is 5.77. The standard InChI is InChI=1S/C58H101NO5/c1-4-7-10-13-16-19-22-25-27-28-30-33-36-39-42-45-48-51-58(63)64-54(49-46-43-40-37-34-31-24-21-18-15-12-9-6-3)52-57(62)59-55(53-60)56(61)50-47-44-41-38-35-32-29-26-23-20-17-14-11-8-5-2/h9,12,15-16,18-19,21,24-25,27,30-31,33-34,54-56,60-61H,4-8,10-11,13-14,17,20,22-23,26,28-29,32,35-53H2,1-3H3,(H,59,62)/b12-9+,18-15+,19-16-,24-21+,27-25-,33-30-,34-31-. The summed E-state index contributed by atoms with van der Waals surface area (Å²) in [7, 11) is 0. The fraction of sp³-hybridized carbons (Fsp3) is 0.724. The number of esters is 1. The van der Waals surface area contributed by atoms with Crippen molar-refractivity contribution in [3.63, 3.8) is 0 Å². The minimum atomic E-state index is -0.807.